The van der Waals surface area contributed by atoms with Crippen LogP contribution in [0.4, 0.5) is 0 Å². The van der Waals surface area contributed by atoms with E-state index in [1.54, 1.807) is 0 Å². The lowest BCUT2D eigenvalue weighted by Crippen LogP contribution is -2.45. The topological polar surface area (TPSA) is 49.3 Å². The Morgan fingerprint density at radius 3 is 2.81 bits per heavy atom. The van der Waals surface area contributed by atoms with E-state index in [0.29, 0.717) is 11.4 Å². The number of halogens is 1. The van der Waals surface area contributed by atoms with E-state index >= 15 is 0 Å². The van der Waals surface area contributed by atoms with E-state index in [4.69, 9.17) is 11.6 Å². The van der Waals surface area contributed by atoms with Gasteiger partial charge in [-0.25, -0.2) is 0 Å². The molecule has 116 valence electrons. The molecule has 4 heteroatoms. The molecule has 0 aliphatic heterocycles. The average molecular weight is 310 g/mol. The molecule has 3 atom stereocenters. The Balaban J connectivity index is 1.91. The predicted molar refractivity (Wildman–Crippen MR) is 85.3 cm³/mol. The number of aliphatic hydroxyl groups is 1. The molecule has 1 aromatic rings. The van der Waals surface area contributed by atoms with E-state index in [9.17, 15) is 9.90 Å². The third kappa shape index (κ3) is 4.45. The van der Waals surface area contributed by atoms with Crippen molar-refractivity contribution >= 4 is 17.5 Å². The Bertz CT molecular complexity index is 478. The van der Waals surface area contributed by atoms with Crippen LogP contribution in [0.2, 0.25) is 5.02 Å². The number of carbonyl (C=O) groups is 1. The van der Waals surface area contributed by atoms with Gasteiger partial charge in [0.05, 0.1) is 0 Å². The maximum Gasteiger partial charge on any atom is 0.223 e. The second-order valence-corrected chi connectivity index (χ2v) is 6.45. The van der Waals surface area contributed by atoms with Crippen LogP contribution in [0, 0.1) is 11.8 Å². The maximum atomic E-state index is 12.4. The number of hydrogen-bond donors (Lipinski definition) is 2. The number of rotatable bonds is 5. The summed E-state index contributed by atoms with van der Waals surface area (Å²) in [5, 5.41) is 13.2. The second-order valence-electron chi connectivity index (χ2n) is 6.04. The molecule has 1 aliphatic rings. The highest BCUT2D eigenvalue weighted by Gasteiger charge is 2.27. The first-order chi connectivity index (χ1) is 10.1. The summed E-state index contributed by atoms with van der Waals surface area (Å²) in [5.41, 5.74) is 1.00. The molecule has 1 aliphatic carbocycles. The summed E-state index contributed by atoms with van der Waals surface area (Å²) in [6.45, 7) is 2.08. The van der Waals surface area contributed by atoms with Crippen molar-refractivity contribution < 1.29 is 9.90 Å². The first kappa shape index (κ1) is 16.3. The van der Waals surface area contributed by atoms with Crippen LogP contribution in [-0.2, 0) is 11.2 Å². The average Bonchev–Trinajstić information content (AvgIpc) is 2.50. The molecule has 1 aromatic carbocycles. The largest absolute Gasteiger partial charge is 0.396 e. The molecule has 1 fully saturated rings. The summed E-state index contributed by atoms with van der Waals surface area (Å²) in [7, 11) is 0. The summed E-state index contributed by atoms with van der Waals surface area (Å²) >= 11 is 6.15. The zero-order valence-corrected chi connectivity index (χ0v) is 13.3. The van der Waals surface area contributed by atoms with E-state index in [1.165, 1.54) is 0 Å². The zero-order valence-electron chi connectivity index (χ0n) is 12.5. The van der Waals surface area contributed by atoms with Gasteiger partial charge in [0.1, 0.15) is 0 Å². The summed E-state index contributed by atoms with van der Waals surface area (Å²) in [5.74, 6) is 0.140. The van der Waals surface area contributed by atoms with Gasteiger partial charge in [-0.3, -0.25) is 4.79 Å². The number of hydrogen-bond acceptors (Lipinski definition) is 2. The van der Waals surface area contributed by atoms with Crippen molar-refractivity contribution in [3.63, 3.8) is 0 Å². The minimum absolute atomic E-state index is 0.0558. The molecule has 2 rings (SSSR count). The van der Waals surface area contributed by atoms with Crippen molar-refractivity contribution in [2.24, 2.45) is 11.8 Å². The van der Waals surface area contributed by atoms with Gasteiger partial charge in [0.25, 0.3) is 0 Å². The fraction of sp³-hybridized carbons (Fsp3) is 0.588. The molecule has 0 bridgehead atoms. The summed E-state index contributed by atoms with van der Waals surface area (Å²) in [4.78, 5) is 12.4. The molecule has 0 heterocycles. The van der Waals surface area contributed by atoms with Crippen LogP contribution in [0.25, 0.3) is 0 Å². The zero-order chi connectivity index (χ0) is 15.2. The van der Waals surface area contributed by atoms with E-state index in [0.717, 1.165) is 31.2 Å². The Labute approximate surface area is 131 Å². The van der Waals surface area contributed by atoms with Crippen molar-refractivity contribution in [1.29, 1.82) is 0 Å². The Morgan fingerprint density at radius 1 is 1.38 bits per heavy atom. The molecule has 3 nitrogen and oxygen atoms in total. The van der Waals surface area contributed by atoms with Crippen LogP contribution >= 0.6 is 11.6 Å². The van der Waals surface area contributed by atoms with E-state index in [1.807, 2.05) is 31.2 Å². The minimum atomic E-state index is -0.119. The van der Waals surface area contributed by atoms with Gasteiger partial charge in [0.15, 0.2) is 0 Å². The molecule has 1 saturated carbocycles. The molecule has 0 spiro atoms. The van der Waals surface area contributed by atoms with Crippen LogP contribution in [0.15, 0.2) is 24.3 Å². The van der Waals surface area contributed by atoms with Crippen LogP contribution in [0.5, 0.6) is 0 Å². The van der Waals surface area contributed by atoms with E-state index in [-0.39, 0.29) is 30.4 Å². The standard InChI is InChI=1S/C17H24ClNO2/c1-12(10-13-6-2-4-8-15(13)18)17(21)19-16-9-5-3-7-14(16)11-20/h2,4,6,8,12,14,16,20H,3,5,7,9-11H2,1H3,(H,19,21). The normalized spacial score (nSPS) is 23.6. The van der Waals surface area contributed by atoms with Gasteiger partial charge >= 0.3 is 0 Å². The number of benzene rings is 1. The maximum absolute atomic E-state index is 12.4. The number of aliphatic hydroxyl groups excluding tert-OH is 1. The van der Waals surface area contributed by atoms with Crippen LogP contribution in [-0.4, -0.2) is 23.7 Å². The van der Waals surface area contributed by atoms with Gasteiger partial charge in [0, 0.05) is 29.5 Å². The summed E-state index contributed by atoms with van der Waals surface area (Å²) < 4.78 is 0. The summed E-state index contributed by atoms with van der Waals surface area (Å²) in [6, 6.07) is 7.76. The molecule has 21 heavy (non-hydrogen) atoms. The van der Waals surface area contributed by atoms with Crippen molar-refractivity contribution in [2.45, 2.75) is 45.1 Å². The van der Waals surface area contributed by atoms with Crippen molar-refractivity contribution in [3.05, 3.63) is 34.9 Å². The number of carbonyl (C=O) groups excluding carboxylic acids is 1. The molecule has 3 unspecified atom stereocenters. The smallest absolute Gasteiger partial charge is 0.223 e. The summed E-state index contributed by atoms with van der Waals surface area (Å²) in [6.07, 6.45) is 4.88. The molecular weight excluding hydrogens is 286 g/mol. The third-order valence-electron chi connectivity index (χ3n) is 4.40. The first-order valence-corrected chi connectivity index (χ1v) is 8.14. The molecule has 0 aromatic heterocycles. The predicted octanol–water partition coefficient (Wildman–Crippen LogP) is 3.19. The number of nitrogens with one attached hydrogen (secondary N) is 1. The van der Waals surface area contributed by atoms with Gasteiger partial charge in [-0.2, -0.15) is 0 Å². The van der Waals surface area contributed by atoms with Crippen LogP contribution in [0.1, 0.15) is 38.2 Å². The quantitative estimate of drug-likeness (QED) is 0.877. The van der Waals surface area contributed by atoms with E-state index in [2.05, 4.69) is 5.32 Å². The Hall–Kier alpha value is -1.06. The Kier molecular flexibility index (Phi) is 6.07. The Morgan fingerprint density at radius 2 is 2.10 bits per heavy atom. The molecule has 0 radical (unpaired) electrons. The highest BCUT2D eigenvalue weighted by Crippen LogP contribution is 2.25. The lowest BCUT2D eigenvalue weighted by Gasteiger charge is -2.31. The van der Waals surface area contributed by atoms with Gasteiger partial charge in [0.2, 0.25) is 5.91 Å². The highest BCUT2D eigenvalue weighted by molar-refractivity contribution is 6.31. The molecular formula is C17H24ClNO2. The van der Waals surface area contributed by atoms with Crippen LogP contribution in [0.3, 0.4) is 0 Å². The lowest BCUT2D eigenvalue weighted by atomic mass is 9.84. The molecule has 2 N–H and O–H groups in total. The fourth-order valence-corrected chi connectivity index (χ4v) is 3.24. The van der Waals surface area contributed by atoms with Crippen molar-refractivity contribution in [2.75, 3.05) is 6.61 Å². The van der Waals surface area contributed by atoms with Crippen LogP contribution < -0.4 is 5.32 Å². The van der Waals surface area contributed by atoms with Gasteiger partial charge in [-0.1, -0.05) is 49.6 Å². The van der Waals surface area contributed by atoms with E-state index < -0.39 is 0 Å². The second kappa shape index (κ2) is 7.81. The highest BCUT2D eigenvalue weighted by atomic mass is 35.5. The minimum Gasteiger partial charge on any atom is -0.396 e. The monoisotopic (exact) mass is 309 g/mol. The van der Waals surface area contributed by atoms with Gasteiger partial charge in [-0.15, -0.1) is 0 Å². The third-order valence-corrected chi connectivity index (χ3v) is 4.77. The van der Waals surface area contributed by atoms with Crippen molar-refractivity contribution in [3.8, 4) is 0 Å². The number of amides is 1. The molecule has 1 amide bonds. The van der Waals surface area contributed by atoms with Gasteiger partial charge < -0.3 is 10.4 Å². The first-order valence-electron chi connectivity index (χ1n) is 7.76. The van der Waals surface area contributed by atoms with Crippen molar-refractivity contribution in [1.82, 2.24) is 5.32 Å². The molecule has 0 saturated heterocycles. The fourth-order valence-electron chi connectivity index (χ4n) is 3.03. The van der Waals surface area contributed by atoms with Gasteiger partial charge in [-0.05, 0) is 30.9 Å². The lowest BCUT2D eigenvalue weighted by molar-refractivity contribution is -0.126. The SMILES string of the molecule is CC(Cc1ccccc1Cl)C(=O)NC1CCCCC1CO.